The molecule has 1 N–H and O–H groups in total. The molecule has 0 bridgehead atoms. The number of ether oxygens (including phenoxy) is 2. The van der Waals surface area contributed by atoms with E-state index in [0.29, 0.717) is 11.5 Å². The van der Waals surface area contributed by atoms with Gasteiger partial charge in [-0.2, -0.15) is 0 Å². The number of rotatable bonds is 4. The summed E-state index contributed by atoms with van der Waals surface area (Å²) in [6.07, 6.45) is 5.26. The Kier molecular flexibility index (Phi) is 4.79. The van der Waals surface area contributed by atoms with Crippen LogP contribution < -0.4 is 14.8 Å². The van der Waals surface area contributed by atoms with Gasteiger partial charge in [-0.1, -0.05) is 12.2 Å². The molecule has 0 saturated heterocycles. The maximum atomic E-state index is 11.3. The third kappa shape index (κ3) is 2.94. The van der Waals surface area contributed by atoms with Gasteiger partial charge in [-0.15, -0.1) is 0 Å². The van der Waals surface area contributed by atoms with Gasteiger partial charge in [-0.3, -0.25) is 10.1 Å². The summed E-state index contributed by atoms with van der Waals surface area (Å²) in [4.78, 5) is 11.0. The minimum Gasteiger partial charge on any atom is -0.493 e. The van der Waals surface area contributed by atoms with Crippen molar-refractivity contribution in [1.29, 1.82) is 0 Å². The Morgan fingerprint density at radius 3 is 2.68 bits per heavy atom. The van der Waals surface area contributed by atoms with E-state index in [1.54, 1.807) is 26.4 Å². The van der Waals surface area contributed by atoms with Crippen LogP contribution in [0.25, 0.3) is 0 Å². The number of anilines is 1. The molecule has 0 aromatic heterocycles. The molecule has 0 radical (unpaired) electrons. The molecule has 1 aliphatic carbocycles. The van der Waals surface area contributed by atoms with E-state index >= 15 is 0 Å². The van der Waals surface area contributed by atoms with Crippen LogP contribution in [0.2, 0.25) is 0 Å². The van der Waals surface area contributed by atoms with Crippen LogP contribution in [-0.4, -0.2) is 19.1 Å². The molecular weight excluding hydrogens is 424 g/mol. The number of hydrogen-bond donors (Lipinski definition) is 1. The number of nitrogens with zero attached hydrogens (tertiary/aromatic N) is 1. The number of allylic oxidation sites excluding steroid dienone is 2. The van der Waals surface area contributed by atoms with Gasteiger partial charge in [-0.25, -0.2) is 0 Å². The van der Waals surface area contributed by atoms with Crippen molar-refractivity contribution in [3.63, 3.8) is 0 Å². The summed E-state index contributed by atoms with van der Waals surface area (Å²) in [6, 6.07) is 7.46. The monoisotopic (exact) mass is 444 g/mol. The van der Waals surface area contributed by atoms with Gasteiger partial charge >= 0.3 is 0 Å². The predicted molar refractivity (Wildman–Crippen MR) is 111 cm³/mol. The number of hydrogen-bond acceptors (Lipinski definition) is 5. The number of halogens is 1. The van der Waals surface area contributed by atoms with Crippen molar-refractivity contribution in [2.45, 2.75) is 25.3 Å². The van der Waals surface area contributed by atoms with Crippen molar-refractivity contribution >= 4 is 27.3 Å². The zero-order valence-electron chi connectivity index (χ0n) is 15.9. The van der Waals surface area contributed by atoms with Gasteiger partial charge < -0.3 is 14.8 Å². The first-order valence-corrected chi connectivity index (χ1v) is 9.87. The lowest BCUT2D eigenvalue weighted by Gasteiger charge is -2.38. The Morgan fingerprint density at radius 2 is 2.00 bits per heavy atom. The minimum absolute atomic E-state index is 0.0590. The predicted octanol–water partition coefficient (Wildman–Crippen LogP) is 5.51. The SMILES string of the molecule is COc1cc([C@@H]2Nc3c(C)cc([N+](=O)[O-])cc3[C@@H]3C=CC[C@@H]32)cc(Br)c1OC. The van der Waals surface area contributed by atoms with Crippen molar-refractivity contribution in [1.82, 2.24) is 0 Å². The molecule has 7 heteroatoms. The van der Waals surface area contributed by atoms with Crippen molar-refractivity contribution < 1.29 is 14.4 Å². The van der Waals surface area contributed by atoms with Gasteiger partial charge in [-0.05, 0) is 64.0 Å². The van der Waals surface area contributed by atoms with Gasteiger partial charge in [0.1, 0.15) is 0 Å². The summed E-state index contributed by atoms with van der Waals surface area (Å²) in [5, 5.41) is 15.0. The molecule has 1 aliphatic heterocycles. The summed E-state index contributed by atoms with van der Waals surface area (Å²) in [7, 11) is 3.24. The molecule has 0 spiro atoms. The number of nitro benzene ring substituents is 1. The second-order valence-electron chi connectivity index (χ2n) is 7.20. The van der Waals surface area contributed by atoms with E-state index in [-0.39, 0.29) is 28.5 Å². The smallest absolute Gasteiger partial charge is 0.270 e. The molecule has 2 aromatic rings. The number of nitro groups is 1. The molecular formula is C21H21BrN2O4. The average Bonchev–Trinajstić information content (AvgIpc) is 3.16. The summed E-state index contributed by atoms with van der Waals surface area (Å²) >= 11 is 3.59. The maximum absolute atomic E-state index is 11.3. The standard InChI is InChI=1S/C21H21BrN2O4/c1-11-7-13(24(25)26)10-16-14-5-4-6-15(14)20(23-19(11)16)12-8-17(22)21(28-3)18(9-12)27-2/h4-5,7-10,14-15,20,23H,6H2,1-3H3/t14-,15+,20+/m1/s1. The van der Waals surface area contributed by atoms with Crippen molar-refractivity contribution in [3.05, 3.63) is 67.7 Å². The Morgan fingerprint density at radius 1 is 1.21 bits per heavy atom. The van der Waals surface area contributed by atoms with Gasteiger partial charge in [0.25, 0.3) is 5.69 Å². The van der Waals surface area contributed by atoms with E-state index in [1.165, 1.54) is 0 Å². The molecule has 6 nitrogen and oxygen atoms in total. The molecule has 28 heavy (non-hydrogen) atoms. The molecule has 0 unspecified atom stereocenters. The summed E-state index contributed by atoms with van der Waals surface area (Å²) in [5.41, 5.74) is 4.10. The third-order valence-corrected chi connectivity index (χ3v) is 6.27. The van der Waals surface area contributed by atoms with Crippen LogP contribution in [0.1, 0.15) is 35.1 Å². The molecule has 4 rings (SSSR count). The lowest BCUT2D eigenvalue weighted by atomic mass is 9.76. The van der Waals surface area contributed by atoms with Crippen LogP contribution in [0, 0.1) is 23.0 Å². The topological polar surface area (TPSA) is 73.6 Å². The van der Waals surface area contributed by atoms with Gasteiger partial charge in [0.05, 0.1) is 29.7 Å². The number of non-ortho nitro benzene ring substituents is 1. The fourth-order valence-electron chi connectivity index (χ4n) is 4.42. The number of nitrogens with one attached hydrogen (secondary N) is 1. The largest absolute Gasteiger partial charge is 0.493 e. The number of fused-ring (bicyclic) bond motifs is 3. The van der Waals surface area contributed by atoms with Gasteiger partial charge in [0.2, 0.25) is 0 Å². The van der Waals surface area contributed by atoms with Crippen LogP contribution in [0.3, 0.4) is 0 Å². The highest BCUT2D eigenvalue weighted by molar-refractivity contribution is 9.10. The molecule has 0 saturated carbocycles. The Labute approximate surface area is 171 Å². The molecule has 0 fully saturated rings. The van der Waals surface area contributed by atoms with Crippen molar-refractivity contribution in [2.75, 3.05) is 19.5 Å². The fraction of sp³-hybridized carbons (Fsp3) is 0.333. The van der Waals surface area contributed by atoms with Crippen LogP contribution >= 0.6 is 15.9 Å². The van der Waals surface area contributed by atoms with E-state index in [0.717, 1.165) is 33.3 Å². The van der Waals surface area contributed by atoms with Gasteiger partial charge in [0.15, 0.2) is 11.5 Å². The quantitative estimate of drug-likeness (QED) is 0.382. The highest BCUT2D eigenvalue weighted by atomic mass is 79.9. The first-order valence-electron chi connectivity index (χ1n) is 9.08. The summed E-state index contributed by atoms with van der Waals surface area (Å²) in [6.45, 7) is 1.92. The fourth-order valence-corrected chi connectivity index (χ4v) is 5.04. The Balaban J connectivity index is 1.82. The van der Waals surface area contributed by atoms with E-state index in [1.807, 2.05) is 13.0 Å². The normalized spacial score (nSPS) is 22.2. The van der Waals surface area contributed by atoms with E-state index in [4.69, 9.17) is 9.47 Å². The van der Waals surface area contributed by atoms with E-state index < -0.39 is 0 Å². The second-order valence-corrected chi connectivity index (χ2v) is 8.05. The Bertz CT molecular complexity index is 989. The van der Waals surface area contributed by atoms with Crippen molar-refractivity contribution in [2.24, 2.45) is 5.92 Å². The second kappa shape index (κ2) is 7.13. The zero-order valence-corrected chi connectivity index (χ0v) is 17.4. The van der Waals surface area contributed by atoms with E-state index in [2.05, 4.69) is 39.5 Å². The first-order chi connectivity index (χ1) is 13.4. The summed E-state index contributed by atoms with van der Waals surface area (Å²) < 4.78 is 11.8. The third-order valence-electron chi connectivity index (χ3n) is 5.68. The lowest BCUT2D eigenvalue weighted by molar-refractivity contribution is -0.385. The molecule has 2 aliphatic rings. The molecule has 2 aromatic carbocycles. The van der Waals surface area contributed by atoms with Crippen LogP contribution in [-0.2, 0) is 0 Å². The van der Waals surface area contributed by atoms with E-state index in [9.17, 15) is 10.1 Å². The van der Waals surface area contributed by atoms with Crippen LogP contribution in [0.4, 0.5) is 11.4 Å². The van der Waals surface area contributed by atoms with Crippen LogP contribution in [0.5, 0.6) is 11.5 Å². The first kappa shape index (κ1) is 18.8. The molecule has 3 atom stereocenters. The van der Waals surface area contributed by atoms with Crippen molar-refractivity contribution in [3.8, 4) is 11.5 Å². The highest BCUT2D eigenvalue weighted by Gasteiger charge is 2.39. The molecule has 0 amide bonds. The summed E-state index contributed by atoms with van der Waals surface area (Å²) in [5.74, 6) is 1.75. The van der Waals surface area contributed by atoms with Crippen LogP contribution in [0.15, 0.2) is 40.9 Å². The minimum atomic E-state index is -0.321. The average molecular weight is 445 g/mol. The number of aryl methyl sites for hydroxylation is 1. The molecule has 1 heterocycles. The molecule has 146 valence electrons. The maximum Gasteiger partial charge on any atom is 0.270 e. The number of methoxy groups -OCH3 is 2. The van der Waals surface area contributed by atoms with Gasteiger partial charge in [0, 0.05) is 23.7 Å². The lowest BCUT2D eigenvalue weighted by Crippen LogP contribution is -2.29. The highest BCUT2D eigenvalue weighted by Crippen LogP contribution is 2.52. The number of benzene rings is 2. The zero-order chi connectivity index (χ0) is 20.0. The Hall–Kier alpha value is -2.54.